The number of esters is 2. The zero-order valence-corrected chi connectivity index (χ0v) is 24.8. The van der Waals surface area contributed by atoms with Crippen LogP contribution >= 0.6 is 0 Å². The Labute approximate surface area is 246 Å². The minimum Gasteiger partial charge on any atom is -0.493 e. The molecule has 0 amide bonds. The van der Waals surface area contributed by atoms with Crippen molar-refractivity contribution in [1.29, 1.82) is 0 Å². The number of sulfone groups is 1. The van der Waals surface area contributed by atoms with E-state index in [1.54, 1.807) is 67.6 Å². The van der Waals surface area contributed by atoms with E-state index in [1.165, 1.54) is 25.3 Å². The lowest BCUT2D eigenvalue weighted by Gasteiger charge is -2.30. The molecule has 0 radical (unpaired) electrons. The van der Waals surface area contributed by atoms with Crippen molar-refractivity contribution >= 4 is 21.8 Å². The van der Waals surface area contributed by atoms with Crippen molar-refractivity contribution in [2.45, 2.75) is 55.8 Å². The summed E-state index contributed by atoms with van der Waals surface area (Å²) in [5.74, 6) is -0.815. The number of carbonyl (C=O) groups is 2. The summed E-state index contributed by atoms with van der Waals surface area (Å²) in [5, 5.41) is 10.1. The molecule has 1 N–H and O–H groups in total. The van der Waals surface area contributed by atoms with Crippen LogP contribution in [0.2, 0.25) is 0 Å². The van der Waals surface area contributed by atoms with E-state index in [4.69, 9.17) is 14.2 Å². The average Bonchev–Trinajstić information content (AvgIpc) is 2.96. The Hall–Kier alpha value is -3.95. The van der Waals surface area contributed by atoms with Crippen LogP contribution in [0.5, 0.6) is 11.5 Å². The number of hydrogen-bond acceptors (Lipinski definition) is 8. The molecule has 0 aromatic heterocycles. The van der Waals surface area contributed by atoms with Crippen molar-refractivity contribution in [3.63, 3.8) is 0 Å². The molecule has 1 aliphatic rings. The largest absolute Gasteiger partial charge is 0.493 e. The van der Waals surface area contributed by atoms with Gasteiger partial charge in [0.05, 0.1) is 36.2 Å². The first-order valence-electron chi connectivity index (χ1n) is 13.9. The van der Waals surface area contributed by atoms with Crippen LogP contribution < -0.4 is 9.47 Å². The average molecular weight is 593 g/mol. The molecule has 3 aromatic carbocycles. The van der Waals surface area contributed by atoms with Crippen molar-refractivity contribution in [2.24, 2.45) is 5.92 Å². The summed E-state index contributed by atoms with van der Waals surface area (Å²) >= 11 is 0. The lowest BCUT2D eigenvalue weighted by atomic mass is 9.78. The van der Waals surface area contributed by atoms with Crippen LogP contribution in [0.15, 0.2) is 89.3 Å². The van der Waals surface area contributed by atoms with Gasteiger partial charge in [-0.1, -0.05) is 53.6 Å². The molecule has 0 heterocycles. The molecular formula is C33H36O8S. The van der Waals surface area contributed by atoms with Gasteiger partial charge in [0.25, 0.3) is 0 Å². The lowest BCUT2D eigenvalue weighted by molar-refractivity contribution is -0.148. The number of ether oxygens (including phenoxy) is 3. The second-order valence-corrected chi connectivity index (χ2v) is 12.4. The van der Waals surface area contributed by atoms with E-state index in [9.17, 15) is 23.1 Å². The van der Waals surface area contributed by atoms with Gasteiger partial charge in [-0.3, -0.25) is 4.79 Å². The van der Waals surface area contributed by atoms with Crippen LogP contribution in [-0.4, -0.2) is 50.5 Å². The fraction of sp³-hybridized carbons (Fsp3) is 0.333. The van der Waals surface area contributed by atoms with E-state index in [1.807, 2.05) is 6.92 Å². The molecule has 4 rings (SSSR count). The van der Waals surface area contributed by atoms with Gasteiger partial charge in [-0.15, -0.1) is 0 Å². The molecule has 3 unspecified atom stereocenters. The summed E-state index contributed by atoms with van der Waals surface area (Å²) in [4.78, 5) is 25.0. The number of benzene rings is 3. The molecule has 8 nitrogen and oxygen atoms in total. The molecule has 0 saturated heterocycles. The third kappa shape index (κ3) is 7.27. The summed E-state index contributed by atoms with van der Waals surface area (Å²) in [7, 11) is -2.51. The number of hydrogen-bond donors (Lipinski definition) is 1. The first kappa shape index (κ1) is 31.0. The molecule has 1 fully saturated rings. The Bertz CT molecular complexity index is 1530. The first-order chi connectivity index (χ1) is 20.1. The molecule has 222 valence electrons. The molecule has 1 aliphatic carbocycles. The number of aryl methyl sites for hydroxylation is 2. The van der Waals surface area contributed by atoms with Gasteiger partial charge in [-0.05, 0) is 81.5 Å². The quantitative estimate of drug-likeness (QED) is 0.172. The van der Waals surface area contributed by atoms with Crippen molar-refractivity contribution in [1.82, 2.24) is 0 Å². The van der Waals surface area contributed by atoms with Gasteiger partial charge in [0.1, 0.15) is 5.25 Å². The van der Waals surface area contributed by atoms with Crippen LogP contribution in [0.1, 0.15) is 47.7 Å². The fourth-order valence-corrected chi connectivity index (χ4v) is 6.57. The van der Waals surface area contributed by atoms with E-state index in [0.29, 0.717) is 36.1 Å². The predicted octanol–water partition coefficient (Wildman–Crippen LogP) is 5.26. The molecule has 3 atom stereocenters. The number of aliphatic hydroxyl groups excluding tert-OH is 1. The second kappa shape index (κ2) is 13.8. The molecule has 0 bridgehead atoms. The predicted molar refractivity (Wildman–Crippen MR) is 158 cm³/mol. The summed E-state index contributed by atoms with van der Waals surface area (Å²) in [6, 6.07) is 20.1. The molecule has 9 heteroatoms. The van der Waals surface area contributed by atoms with Gasteiger partial charge in [0, 0.05) is 0 Å². The summed E-state index contributed by atoms with van der Waals surface area (Å²) in [6.45, 7) is 3.83. The molecular weight excluding hydrogens is 556 g/mol. The van der Waals surface area contributed by atoms with E-state index in [-0.39, 0.29) is 29.6 Å². The summed E-state index contributed by atoms with van der Waals surface area (Å²) in [6.07, 6.45) is 1.88. The van der Waals surface area contributed by atoms with E-state index < -0.39 is 33.1 Å². The van der Waals surface area contributed by atoms with Crippen LogP contribution in [0.3, 0.4) is 0 Å². The Morgan fingerprint density at radius 3 is 2.36 bits per heavy atom. The highest BCUT2D eigenvalue weighted by atomic mass is 32.2. The SMILES string of the molecule is CCOC(=O)C1CC/C1=C/C(C(O)CCc1ccc(OC(=O)c2ccccc2)c(OC)c1)S(=O)(=O)c1ccc(C)cc1. The molecule has 0 aliphatic heterocycles. The smallest absolute Gasteiger partial charge is 0.343 e. The van der Waals surface area contributed by atoms with Crippen LogP contribution in [0.4, 0.5) is 0 Å². The van der Waals surface area contributed by atoms with Gasteiger partial charge in [0.2, 0.25) is 0 Å². The van der Waals surface area contributed by atoms with Gasteiger partial charge in [-0.2, -0.15) is 0 Å². The zero-order valence-electron chi connectivity index (χ0n) is 24.0. The van der Waals surface area contributed by atoms with Crippen LogP contribution in [0.25, 0.3) is 0 Å². The second-order valence-electron chi connectivity index (χ2n) is 10.3. The Balaban J connectivity index is 1.54. The van der Waals surface area contributed by atoms with Gasteiger partial charge < -0.3 is 19.3 Å². The number of carbonyl (C=O) groups excluding carboxylic acids is 2. The number of rotatable bonds is 12. The fourth-order valence-electron chi connectivity index (χ4n) is 4.83. The summed E-state index contributed by atoms with van der Waals surface area (Å²) < 4.78 is 43.6. The lowest BCUT2D eigenvalue weighted by Crippen LogP contribution is -2.36. The van der Waals surface area contributed by atoms with E-state index in [2.05, 4.69) is 0 Å². The summed E-state index contributed by atoms with van der Waals surface area (Å²) in [5.41, 5.74) is 2.74. The maximum Gasteiger partial charge on any atom is 0.343 e. The molecule has 42 heavy (non-hydrogen) atoms. The maximum absolute atomic E-state index is 13.7. The van der Waals surface area contributed by atoms with E-state index in [0.717, 1.165) is 11.1 Å². The van der Waals surface area contributed by atoms with Gasteiger partial charge in [-0.25, -0.2) is 13.2 Å². The van der Waals surface area contributed by atoms with Crippen LogP contribution in [-0.2, 0) is 25.8 Å². The standard InChI is InChI=1S/C33H36O8S/c1-4-40-33(36)27-17-14-25(27)21-31(42(37,38)26-15-10-22(2)11-16-26)28(34)18-12-23-13-19-29(30(20-23)39-3)41-32(35)24-8-6-5-7-9-24/h5-11,13,15-16,19-21,27-28,31,34H,4,12,14,17-18H2,1-3H3/b25-21-. The first-order valence-corrected chi connectivity index (χ1v) is 15.5. The molecule has 0 spiro atoms. The monoisotopic (exact) mass is 592 g/mol. The molecule has 1 saturated carbocycles. The highest BCUT2D eigenvalue weighted by Crippen LogP contribution is 2.37. The highest BCUT2D eigenvalue weighted by Gasteiger charge is 2.38. The minimum absolute atomic E-state index is 0.104. The van der Waals surface area contributed by atoms with Gasteiger partial charge in [0.15, 0.2) is 21.3 Å². The van der Waals surface area contributed by atoms with E-state index >= 15 is 0 Å². The van der Waals surface area contributed by atoms with Gasteiger partial charge >= 0.3 is 11.9 Å². The van der Waals surface area contributed by atoms with Crippen molar-refractivity contribution in [3.8, 4) is 11.5 Å². The Morgan fingerprint density at radius 1 is 1.02 bits per heavy atom. The third-order valence-corrected chi connectivity index (χ3v) is 9.47. The Kier molecular flexibility index (Phi) is 10.2. The van der Waals surface area contributed by atoms with Crippen molar-refractivity contribution < 1.29 is 37.3 Å². The topological polar surface area (TPSA) is 116 Å². The normalized spacial score (nSPS) is 17.1. The third-order valence-electron chi connectivity index (χ3n) is 7.37. The van der Waals surface area contributed by atoms with Crippen molar-refractivity contribution in [3.05, 3.63) is 101 Å². The maximum atomic E-state index is 13.7. The number of aliphatic hydroxyl groups is 1. The highest BCUT2D eigenvalue weighted by molar-refractivity contribution is 7.92. The Morgan fingerprint density at radius 2 is 1.74 bits per heavy atom. The zero-order chi connectivity index (χ0) is 30.3. The van der Waals surface area contributed by atoms with Crippen LogP contribution in [0, 0.1) is 12.8 Å². The van der Waals surface area contributed by atoms with Crippen molar-refractivity contribution in [2.75, 3.05) is 13.7 Å². The number of methoxy groups -OCH3 is 1. The minimum atomic E-state index is -3.97. The molecule has 3 aromatic rings.